The molecular formula is C20H18N4O2. The van der Waals surface area contributed by atoms with E-state index in [-0.39, 0.29) is 11.8 Å². The highest BCUT2D eigenvalue weighted by Crippen LogP contribution is 2.35. The fourth-order valence-corrected chi connectivity index (χ4v) is 3.67. The summed E-state index contributed by atoms with van der Waals surface area (Å²) in [7, 11) is 0. The van der Waals surface area contributed by atoms with Crippen LogP contribution >= 0.6 is 0 Å². The van der Waals surface area contributed by atoms with E-state index in [1.807, 2.05) is 18.2 Å². The van der Waals surface area contributed by atoms with Crippen molar-refractivity contribution in [1.82, 2.24) is 9.97 Å². The molecule has 2 unspecified atom stereocenters. The molecule has 3 aromatic rings. The number of nitrogens with zero attached hydrogens (tertiary/aromatic N) is 4. The van der Waals surface area contributed by atoms with Crippen molar-refractivity contribution in [3.05, 3.63) is 42.4 Å². The molecule has 1 aliphatic rings. The summed E-state index contributed by atoms with van der Waals surface area (Å²) in [5.74, 6) is 0.879. The number of oxazole rings is 1. The maximum absolute atomic E-state index is 11.2. The number of anilines is 1. The number of fused-ring (bicyclic) bond motifs is 1. The molecule has 2 aromatic heterocycles. The number of pyridine rings is 1. The molecule has 0 bridgehead atoms. The molecule has 0 saturated carbocycles. The lowest BCUT2D eigenvalue weighted by Gasteiger charge is -2.37. The monoisotopic (exact) mass is 346 g/mol. The van der Waals surface area contributed by atoms with Gasteiger partial charge in [0.05, 0.1) is 23.0 Å². The van der Waals surface area contributed by atoms with Gasteiger partial charge in [0.15, 0.2) is 0 Å². The molecule has 26 heavy (non-hydrogen) atoms. The van der Waals surface area contributed by atoms with Crippen LogP contribution in [0.5, 0.6) is 0 Å². The minimum Gasteiger partial charge on any atom is -0.445 e. The van der Waals surface area contributed by atoms with Gasteiger partial charge >= 0.3 is 0 Å². The topological polar surface area (TPSA) is 83.0 Å². The average molecular weight is 346 g/mol. The number of nitriles is 1. The molecule has 6 heteroatoms. The van der Waals surface area contributed by atoms with Crippen molar-refractivity contribution in [2.24, 2.45) is 11.8 Å². The molecule has 0 spiro atoms. The highest BCUT2D eigenvalue weighted by atomic mass is 16.3. The van der Waals surface area contributed by atoms with Crippen LogP contribution in [0, 0.1) is 23.2 Å². The number of carbonyl (C=O) groups excluding carboxylic acids is 1. The number of carbonyl (C=O) groups is 1. The summed E-state index contributed by atoms with van der Waals surface area (Å²) in [5.41, 5.74) is 3.09. The number of aromatic nitrogens is 2. The Morgan fingerprint density at radius 3 is 2.96 bits per heavy atom. The molecule has 1 saturated heterocycles. The fraction of sp³-hybridized carbons (Fsp3) is 0.300. The smallest absolute Gasteiger partial charge is 0.225 e. The van der Waals surface area contributed by atoms with Crippen LogP contribution in [0.4, 0.5) is 5.69 Å². The van der Waals surface area contributed by atoms with E-state index in [4.69, 9.17) is 4.42 Å². The Morgan fingerprint density at radius 1 is 1.38 bits per heavy atom. The molecule has 0 aliphatic carbocycles. The SMILES string of the molecule is CC1CN(c2c(C#N)cnc3cc(-c4ncco4)ccc23)CCC1C=O. The van der Waals surface area contributed by atoms with Gasteiger partial charge in [-0.1, -0.05) is 6.92 Å². The summed E-state index contributed by atoms with van der Waals surface area (Å²) in [6.45, 7) is 3.59. The molecule has 0 amide bonds. The maximum atomic E-state index is 11.2. The van der Waals surface area contributed by atoms with Gasteiger partial charge in [-0.2, -0.15) is 5.26 Å². The number of benzene rings is 1. The summed E-state index contributed by atoms with van der Waals surface area (Å²) in [6.07, 6.45) is 6.62. The van der Waals surface area contributed by atoms with Gasteiger partial charge < -0.3 is 14.1 Å². The maximum Gasteiger partial charge on any atom is 0.225 e. The van der Waals surface area contributed by atoms with Gasteiger partial charge in [-0.25, -0.2) is 4.98 Å². The molecule has 2 atom stereocenters. The van der Waals surface area contributed by atoms with Crippen LogP contribution in [0.15, 0.2) is 41.3 Å². The van der Waals surface area contributed by atoms with Gasteiger partial charge in [0.25, 0.3) is 0 Å². The molecular weight excluding hydrogens is 328 g/mol. The van der Waals surface area contributed by atoms with E-state index in [9.17, 15) is 10.1 Å². The summed E-state index contributed by atoms with van der Waals surface area (Å²) < 4.78 is 5.36. The van der Waals surface area contributed by atoms with E-state index in [0.29, 0.717) is 11.5 Å². The predicted octanol–water partition coefficient (Wildman–Crippen LogP) is 3.42. The highest BCUT2D eigenvalue weighted by Gasteiger charge is 2.28. The Morgan fingerprint density at radius 2 is 2.27 bits per heavy atom. The van der Waals surface area contributed by atoms with E-state index in [1.165, 1.54) is 6.26 Å². The molecule has 0 radical (unpaired) electrons. The third kappa shape index (κ3) is 2.72. The van der Waals surface area contributed by atoms with Crippen LogP contribution < -0.4 is 4.90 Å². The summed E-state index contributed by atoms with van der Waals surface area (Å²) >= 11 is 0. The van der Waals surface area contributed by atoms with Crippen molar-refractivity contribution < 1.29 is 9.21 Å². The summed E-state index contributed by atoms with van der Waals surface area (Å²) in [4.78, 5) is 22.0. The third-order valence-electron chi connectivity index (χ3n) is 5.10. The second-order valence-corrected chi connectivity index (χ2v) is 6.71. The van der Waals surface area contributed by atoms with Gasteiger partial charge in [-0.05, 0) is 30.5 Å². The van der Waals surface area contributed by atoms with E-state index in [2.05, 4.69) is 27.9 Å². The quantitative estimate of drug-likeness (QED) is 0.676. The van der Waals surface area contributed by atoms with Crippen LogP contribution in [0.3, 0.4) is 0 Å². The first-order chi connectivity index (χ1) is 12.7. The Labute approximate surface area is 151 Å². The minimum absolute atomic E-state index is 0.0847. The third-order valence-corrected chi connectivity index (χ3v) is 5.10. The molecule has 130 valence electrons. The van der Waals surface area contributed by atoms with Crippen molar-refractivity contribution in [1.29, 1.82) is 5.26 Å². The van der Waals surface area contributed by atoms with Gasteiger partial charge in [0.1, 0.15) is 18.6 Å². The van der Waals surface area contributed by atoms with E-state index >= 15 is 0 Å². The van der Waals surface area contributed by atoms with E-state index < -0.39 is 0 Å². The first kappa shape index (κ1) is 16.3. The first-order valence-electron chi connectivity index (χ1n) is 8.64. The lowest BCUT2D eigenvalue weighted by atomic mass is 9.87. The minimum atomic E-state index is 0.0847. The standard InChI is InChI=1S/C20H18N4O2/c1-13-11-24(6-4-15(13)12-25)19-16(9-21)10-23-18-8-14(2-3-17(18)19)20-22-5-7-26-20/h2-3,5,7-8,10,12-13,15H,4,6,11H2,1H3. The number of rotatable bonds is 3. The lowest BCUT2D eigenvalue weighted by Crippen LogP contribution is -2.40. The van der Waals surface area contributed by atoms with Crippen LogP contribution in [-0.4, -0.2) is 29.3 Å². The number of hydrogen-bond donors (Lipinski definition) is 0. The van der Waals surface area contributed by atoms with Crippen LogP contribution in [0.2, 0.25) is 0 Å². The van der Waals surface area contributed by atoms with Gasteiger partial charge in [-0.15, -0.1) is 0 Å². The van der Waals surface area contributed by atoms with Crippen molar-refractivity contribution in [3.8, 4) is 17.5 Å². The Kier molecular flexibility index (Phi) is 4.13. The zero-order valence-electron chi connectivity index (χ0n) is 14.4. The zero-order chi connectivity index (χ0) is 18.1. The van der Waals surface area contributed by atoms with Crippen molar-refractivity contribution in [2.45, 2.75) is 13.3 Å². The van der Waals surface area contributed by atoms with Gasteiger partial charge in [0, 0.05) is 36.2 Å². The summed E-state index contributed by atoms with van der Waals surface area (Å²) in [6, 6.07) is 8.09. The molecule has 4 rings (SSSR count). The molecule has 6 nitrogen and oxygen atoms in total. The lowest BCUT2D eigenvalue weighted by molar-refractivity contribution is -0.112. The second-order valence-electron chi connectivity index (χ2n) is 6.71. The van der Waals surface area contributed by atoms with E-state index in [0.717, 1.165) is 48.0 Å². The Balaban J connectivity index is 1.80. The molecule has 0 N–H and O–H groups in total. The molecule has 1 aliphatic heterocycles. The Hall–Kier alpha value is -3.20. The van der Waals surface area contributed by atoms with Crippen LogP contribution in [-0.2, 0) is 4.79 Å². The number of piperidine rings is 1. The van der Waals surface area contributed by atoms with Crippen LogP contribution in [0.1, 0.15) is 18.9 Å². The van der Waals surface area contributed by atoms with Gasteiger partial charge in [0.2, 0.25) is 5.89 Å². The van der Waals surface area contributed by atoms with Crippen molar-refractivity contribution in [3.63, 3.8) is 0 Å². The van der Waals surface area contributed by atoms with Crippen molar-refractivity contribution >= 4 is 22.9 Å². The Bertz CT molecular complexity index is 991. The first-order valence-corrected chi connectivity index (χ1v) is 8.64. The number of hydrogen-bond acceptors (Lipinski definition) is 6. The molecule has 1 aromatic carbocycles. The summed E-state index contributed by atoms with van der Waals surface area (Å²) in [5, 5.41) is 10.5. The molecule has 3 heterocycles. The van der Waals surface area contributed by atoms with Crippen molar-refractivity contribution in [2.75, 3.05) is 18.0 Å². The molecule has 1 fully saturated rings. The second kappa shape index (κ2) is 6.60. The average Bonchev–Trinajstić information content (AvgIpc) is 3.21. The van der Waals surface area contributed by atoms with Gasteiger partial charge in [-0.3, -0.25) is 4.98 Å². The van der Waals surface area contributed by atoms with Crippen LogP contribution in [0.25, 0.3) is 22.4 Å². The number of aldehydes is 1. The normalized spacial score (nSPS) is 20.1. The fourth-order valence-electron chi connectivity index (χ4n) is 3.67. The largest absolute Gasteiger partial charge is 0.445 e. The highest BCUT2D eigenvalue weighted by molar-refractivity contribution is 5.96. The zero-order valence-corrected chi connectivity index (χ0v) is 14.4. The predicted molar refractivity (Wildman–Crippen MR) is 97.5 cm³/mol. The van der Waals surface area contributed by atoms with E-state index in [1.54, 1.807) is 12.4 Å².